The number of rotatable bonds is 7. The molecule has 0 saturated carbocycles. The fourth-order valence-corrected chi connectivity index (χ4v) is 2.46. The van der Waals surface area contributed by atoms with Crippen LogP contribution in [0.25, 0.3) is 0 Å². The van der Waals surface area contributed by atoms with Gasteiger partial charge in [0.1, 0.15) is 5.75 Å². The van der Waals surface area contributed by atoms with Crippen LogP contribution in [0.2, 0.25) is 0 Å². The van der Waals surface area contributed by atoms with Crippen molar-refractivity contribution in [1.29, 1.82) is 0 Å². The number of ether oxygens (including phenoxy) is 1. The third kappa shape index (κ3) is 4.51. The van der Waals surface area contributed by atoms with Gasteiger partial charge in [0.2, 0.25) is 0 Å². The first-order valence-corrected chi connectivity index (χ1v) is 7.04. The Balaban J connectivity index is 2.59. The summed E-state index contributed by atoms with van der Waals surface area (Å²) >= 11 is 0. The summed E-state index contributed by atoms with van der Waals surface area (Å²) in [6, 6.07) is 4.37. The van der Waals surface area contributed by atoms with Gasteiger partial charge in [-0.25, -0.2) is 0 Å². The van der Waals surface area contributed by atoms with E-state index in [1.54, 1.807) is 7.11 Å². The van der Waals surface area contributed by atoms with Gasteiger partial charge in [-0.1, -0.05) is 26.0 Å². The van der Waals surface area contributed by atoms with Crippen molar-refractivity contribution in [1.82, 2.24) is 5.32 Å². The summed E-state index contributed by atoms with van der Waals surface area (Å²) < 4.78 is 5.39. The topological polar surface area (TPSA) is 47.3 Å². The first-order valence-electron chi connectivity index (χ1n) is 7.04. The van der Waals surface area contributed by atoms with Gasteiger partial charge < -0.3 is 15.8 Å². The Hall–Kier alpha value is -1.06. The zero-order valence-electron chi connectivity index (χ0n) is 12.9. The van der Waals surface area contributed by atoms with Gasteiger partial charge in [-0.05, 0) is 55.5 Å². The molecular formula is C16H28N2O. The van der Waals surface area contributed by atoms with Crippen LogP contribution in [0, 0.1) is 25.7 Å². The van der Waals surface area contributed by atoms with E-state index >= 15 is 0 Å². The summed E-state index contributed by atoms with van der Waals surface area (Å²) in [6.45, 7) is 11.2. The van der Waals surface area contributed by atoms with Crippen molar-refractivity contribution in [2.45, 2.75) is 34.2 Å². The van der Waals surface area contributed by atoms with Crippen LogP contribution in [0.3, 0.4) is 0 Å². The minimum atomic E-state index is 0.542. The molecule has 0 aromatic heterocycles. The van der Waals surface area contributed by atoms with Gasteiger partial charge in [-0.3, -0.25) is 0 Å². The van der Waals surface area contributed by atoms with Gasteiger partial charge in [-0.15, -0.1) is 0 Å². The molecule has 1 aromatic carbocycles. The number of nitrogens with two attached hydrogens (primary N) is 1. The summed E-state index contributed by atoms with van der Waals surface area (Å²) in [4.78, 5) is 0. The molecule has 3 N–H and O–H groups in total. The van der Waals surface area contributed by atoms with Gasteiger partial charge in [0.25, 0.3) is 0 Å². The van der Waals surface area contributed by atoms with Gasteiger partial charge in [0.15, 0.2) is 0 Å². The number of benzene rings is 1. The zero-order valence-corrected chi connectivity index (χ0v) is 12.9. The first kappa shape index (κ1) is 16.0. The highest BCUT2D eigenvalue weighted by atomic mass is 16.5. The molecule has 1 rings (SSSR count). The molecule has 108 valence electrons. The van der Waals surface area contributed by atoms with E-state index in [0.29, 0.717) is 11.8 Å². The van der Waals surface area contributed by atoms with Crippen molar-refractivity contribution in [2.75, 3.05) is 20.2 Å². The minimum Gasteiger partial charge on any atom is -0.496 e. The summed E-state index contributed by atoms with van der Waals surface area (Å²) in [7, 11) is 1.72. The van der Waals surface area contributed by atoms with Crippen molar-refractivity contribution in [2.24, 2.45) is 17.6 Å². The molecule has 0 aliphatic heterocycles. The lowest BCUT2D eigenvalue weighted by atomic mass is 9.96. The molecule has 0 amide bonds. The third-order valence-corrected chi connectivity index (χ3v) is 3.71. The van der Waals surface area contributed by atoms with Crippen molar-refractivity contribution in [3.63, 3.8) is 0 Å². The Morgan fingerprint density at radius 3 is 2.21 bits per heavy atom. The predicted molar refractivity (Wildman–Crippen MR) is 81.6 cm³/mol. The Kier molecular flexibility index (Phi) is 6.32. The molecule has 3 heteroatoms. The summed E-state index contributed by atoms with van der Waals surface area (Å²) in [5, 5.41) is 3.51. The van der Waals surface area contributed by atoms with Crippen LogP contribution < -0.4 is 15.8 Å². The number of methoxy groups -OCH3 is 1. The van der Waals surface area contributed by atoms with E-state index in [-0.39, 0.29) is 0 Å². The third-order valence-electron chi connectivity index (χ3n) is 3.71. The van der Waals surface area contributed by atoms with Gasteiger partial charge >= 0.3 is 0 Å². The van der Waals surface area contributed by atoms with E-state index in [0.717, 1.165) is 25.4 Å². The smallest absolute Gasteiger partial charge is 0.124 e. The molecule has 19 heavy (non-hydrogen) atoms. The number of hydrogen-bond donors (Lipinski definition) is 2. The summed E-state index contributed by atoms with van der Waals surface area (Å²) in [5.74, 6) is 2.16. The number of hydrogen-bond acceptors (Lipinski definition) is 3. The van der Waals surface area contributed by atoms with Crippen LogP contribution in [0.1, 0.15) is 30.5 Å². The SMILES string of the molecule is COc1c(C)cc(CNCC(CN)C(C)C)cc1C. The number of aryl methyl sites for hydroxylation is 2. The largest absolute Gasteiger partial charge is 0.496 e. The normalized spacial score (nSPS) is 12.8. The monoisotopic (exact) mass is 264 g/mol. The molecule has 0 spiro atoms. The van der Waals surface area contributed by atoms with Gasteiger partial charge in [0.05, 0.1) is 7.11 Å². The van der Waals surface area contributed by atoms with E-state index < -0.39 is 0 Å². The second-order valence-electron chi connectivity index (χ2n) is 5.63. The summed E-state index contributed by atoms with van der Waals surface area (Å²) in [6.07, 6.45) is 0. The molecule has 3 nitrogen and oxygen atoms in total. The molecule has 0 aliphatic carbocycles. The standard InChI is InChI=1S/C16H28N2O/c1-11(2)15(8-17)10-18-9-14-6-12(3)16(19-5)13(4)7-14/h6-7,11,15,18H,8-10,17H2,1-5H3. The highest BCUT2D eigenvalue weighted by Crippen LogP contribution is 2.24. The second kappa shape index (κ2) is 7.51. The lowest BCUT2D eigenvalue weighted by Crippen LogP contribution is -2.31. The van der Waals surface area contributed by atoms with Crippen LogP contribution in [-0.2, 0) is 6.54 Å². The van der Waals surface area contributed by atoms with Gasteiger partial charge in [-0.2, -0.15) is 0 Å². The van der Waals surface area contributed by atoms with Crippen molar-refractivity contribution in [3.05, 3.63) is 28.8 Å². The highest BCUT2D eigenvalue weighted by molar-refractivity contribution is 5.43. The molecule has 0 bridgehead atoms. The van der Waals surface area contributed by atoms with Gasteiger partial charge in [0, 0.05) is 6.54 Å². The van der Waals surface area contributed by atoms with E-state index in [1.807, 2.05) is 0 Å². The van der Waals surface area contributed by atoms with E-state index in [2.05, 4.69) is 45.1 Å². The Labute approximate surface area is 117 Å². The van der Waals surface area contributed by atoms with Crippen LogP contribution in [0.15, 0.2) is 12.1 Å². The Bertz CT molecular complexity index is 379. The lowest BCUT2D eigenvalue weighted by Gasteiger charge is -2.19. The second-order valence-corrected chi connectivity index (χ2v) is 5.63. The molecule has 1 atom stereocenters. The summed E-state index contributed by atoms with van der Waals surface area (Å²) in [5.41, 5.74) is 9.47. The molecular weight excluding hydrogens is 236 g/mol. The average molecular weight is 264 g/mol. The van der Waals surface area contributed by atoms with Crippen molar-refractivity contribution in [3.8, 4) is 5.75 Å². The maximum absolute atomic E-state index is 5.78. The Morgan fingerprint density at radius 2 is 1.79 bits per heavy atom. The zero-order chi connectivity index (χ0) is 14.4. The fraction of sp³-hybridized carbons (Fsp3) is 0.625. The van der Waals surface area contributed by atoms with Crippen LogP contribution in [0.5, 0.6) is 5.75 Å². The maximum atomic E-state index is 5.78. The molecule has 0 fully saturated rings. The maximum Gasteiger partial charge on any atom is 0.124 e. The minimum absolute atomic E-state index is 0.542. The molecule has 0 saturated heterocycles. The molecule has 1 aromatic rings. The van der Waals surface area contributed by atoms with Crippen LogP contribution in [-0.4, -0.2) is 20.2 Å². The predicted octanol–water partition coefficient (Wildman–Crippen LogP) is 2.63. The fourth-order valence-electron chi connectivity index (χ4n) is 2.46. The lowest BCUT2D eigenvalue weighted by molar-refractivity contribution is 0.370. The van der Waals surface area contributed by atoms with E-state index in [4.69, 9.17) is 10.5 Å². The van der Waals surface area contributed by atoms with Crippen molar-refractivity contribution < 1.29 is 4.74 Å². The van der Waals surface area contributed by atoms with Crippen LogP contribution >= 0.6 is 0 Å². The van der Waals surface area contributed by atoms with Crippen LogP contribution in [0.4, 0.5) is 0 Å². The highest BCUT2D eigenvalue weighted by Gasteiger charge is 2.11. The first-order chi connectivity index (χ1) is 8.99. The van der Waals surface area contributed by atoms with Crippen molar-refractivity contribution >= 4 is 0 Å². The van der Waals surface area contributed by atoms with E-state index in [9.17, 15) is 0 Å². The number of nitrogens with one attached hydrogen (secondary N) is 1. The Morgan fingerprint density at radius 1 is 1.21 bits per heavy atom. The molecule has 0 heterocycles. The quantitative estimate of drug-likeness (QED) is 0.796. The van der Waals surface area contributed by atoms with E-state index in [1.165, 1.54) is 16.7 Å². The molecule has 1 unspecified atom stereocenters. The molecule has 0 aliphatic rings. The molecule has 0 radical (unpaired) electrons. The average Bonchev–Trinajstić information content (AvgIpc) is 2.34.